The first-order valence-electron chi connectivity index (χ1n) is 5.78. The molecule has 0 unspecified atom stereocenters. The Kier molecular flexibility index (Phi) is 3.75. The number of amides is 2. The predicted octanol–water partition coefficient (Wildman–Crippen LogP) is -0.370. The molecule has 0 aliphatic carbocycles. The molecular weight excluding hydrogens is 264 g/mol. The summed E-state index contributed by atoms with van der Waals surface area (Å²) in [6.07, 6.45) is 1.47. The summed E-state index contributed by atoms with van der Waals surface area (Å²) in [4.78, 5) is 31.1. The highest BCUT2D eigenvalue weighted by atomic mass is 32.1. The summed E-state index contributed by atoms with van der Waals surface area (Å²) in [6.45, 7) is 1.14. The quantitative estimate of drug-likeness (QED) is 0.747. The maximum Gasteiger partial charge on any atom is 0.272 e. The Morgan fingerprint density at radius 2 is 2.16 bits per heavy atom. The molecule has 1 fully saturated rings. The second-order valence-electron chi connectivity index (χ2n) is 4.34. The third-order valence-electron chi connectivity index (χ3n) is 3.01. The normalized spacial score (nSPS) is 15.5. The lowest BCUT2D eigenvalue weighted by Crippen LogP contribution is -2.50. The molecule has 0 bridgehead atoms. The van der Waals surface area contributed by atoms with E-state index in [4.69, 9.17) is 18.0 Å². The van der Waals surface area contributed by atoms with E-state index >= 15 is 0 Å². The van der Waals surface area contributed by atoms with Gasteiger partial charge in [0.05, 0.1) is 0 Å². The van der Waals surface area contributed by atoms with E-state index in [1.165, 1.54) is 11.1 Å². The molecule has 2 amide bonds. The van der Waals surface area contributed by atoms with Gasteiger partial charge in [0.15, 0.2) is 0 Å². The number of hydrogen-bond donors (Lipinski definition) is 1. The number of rotatable bonds is 2. The molecule has 0 radical (unpaired) electrons. The number of piperazine rings is 1. The SMILES string of the molecule is CN1CCN(C(=O)c2ccc(C(N)=S)cn2)CC1=O. The topological polar surface area (TPSA) is 79.5 Å². The summed E-state index contributed by atoms with van der Waals surface area (Å²) in [5.41, 5.74) is 6.36. The van der Waals surface area contributed by atoms with Gasteiger partial charge in [0.25, 0.3) is 5.91 Å². The van der Waals surface area contributed by atoms with E-state index in [0.717, 1.165) is 0 Å². The molecular formula is C12H14N4O2S. The zero-order valence-electron chi connectivity index (χ0n) is 10.5. The number of aromatic nitrogens is 1. The summed E-state index contributed by atoms with van der Waals surface area (Å²) >= 11 is 4.82. The maximum atomic E-state index is 12.2. The van der Waals surface area contributed by atoms with Gasteiger partial charge in [-0.1, -0.05) is 12.2 Å². The number of nitrogens with zero attached hydrogens (tertiary/aromatic N) is 3. The molecule has 1 aromatic heterocycles. The molecule has 0 aromatic carbocycles. The van der Waals surface area contributed by atoms with E-state index in [1.807, 2.05) is 0 Å². The number of hydrogen-bond acceptors (Lipinski definition) is 4. The van der Waals surface area contributed by atoms with Gasteiger partial charge in [0.2, 0.25) is 5.91 Å². The van der Waals surface area contributed by atoms with Crippen molar-refractivity contribution in [2.75, 3.05) is 26.7 Å². The zero-order valence-corrected chi connectivity index (χ0v) is 11.3. The number of nitrogens with two attached hydrogens (primary N) is 1. The first-order valence-corrected chi connectivity index (χ1v) is 6.19. The van der Waals surface area contributed by atoms with Crippen molar-refractivity contribution < 1.29 is 9.59 Å². The summed E-state index contributed by atoms with van der Waals surface area (Å²) in [7, 11) is 1.72. The minimum Gasteiger partial charge on any atom is -0.389 e. The van der Waals surface area contributed by atoms with Gasteiger partial charge in [0.1, 0.15) is 17.2 Å². The van der Waals surface area contributed by atoms with Crippen LogP contribution < -0.4 is 5.73 Å². The van der Waals surface area contributed by atoms with Crippen molar-refractivity contribution in [1.82, 2.24) is 14.8 Å². The van der Waals surface area contributed by atoms with Gasteiger partial charge < -0.3 is 15.5 Å². The second kappa shape index (κ2) is 5.31. The molecule has 0 spiro atoms. The van der Waals surface area contributed by atoms with E-state index in [1.54, 1.807) is 24.1 Å². The fourth-order valence-corrected chi connectivity index (χ4v) is 1.88. The van der Waals surface area contributed by atoms with E-state index in [2.05, 4.69) is 4.98 Å². The van der Waals surface area contributed by atoms with Crippen LogP contribution in [0.2, 0.25) is 0 Å². The number of likely N-dealkylation sites (N-methyl/N-ethyl adjacent to an activating group) is 1. The Labute approximate surface area is 116 Å². The largest absolute Gasteiger partial charge is 0.389 e. The lowest BCUT2D eigenvalue weighted by atomic mass is 10.2. The predicted molar refractivity (Wildman–Crippen MR) is 73.7 cm³/mol. The number of carbonyl (C=O) groups is 2. The summed E-state index contributed by atoms with van der Waals surface area (Å²) in [5.74, 6) is -0.324. The van der Waals surface area contributed by atoms with Gasteiger partial charge >= 0.3 is 0 Å². The van der Waals surface area contributed by atoms with Crippen LogP contribution >= 0.6 is 12.2 Å². The molecule has 19 heavy (non-hydrogen) atoms. The van der Waals surface area contributed by atoms with Gasteiger partial charge in [-0.3, -0.25) is 14.6 Å². The van der Waals surface area contributed by atoms with Crippen LogP contribution in [-0.2, 0) is 4.79 Å². The Balaban J connectivity index is 2.11. The minimum absolute atomic E-state index is 0.0700. The monoisotopic (exact) mass is 278 g/mol. The molecule has 0 atom stereocenters. The Morgan fingerprint density at radius 3 is 2.68 bits per heavy atom. The summed E-state index contributed by atoms with van der Waals surface area (Å²) < 4.78 is 0. The summed E-state index contributed by atoms with van der Waals surface area (Å²) in [5, 5.41) is 0. The Hall–Kier alpha value is -2.02. The van der Waals surface area contributed by atoms with E-state index in [0.29, 0.717) is 18.7 Å². The smallest absolute Gasteiger partial charge is 0.272 e. The Bertz CT molecular complexity index is 529. The van der Waals surface area contributed by atoms with Gasteiger partial charge in [-0.25, -0.2) is 0 Å². The van der Waals surface area contributed by atoms with Crippen molar-refractivity contribution in [3.8, 4) is 0 Å². The fourth-order valence-electron chi connectivity index (χ4n) is 1.76. The highest BCUT2D eigenvalue weighted by Gasteiger charge is 2.26. The average Bonchev–Trinajstić information content (AvgIpc) is 2.41. The average molecular weight is 278 g/mol. The van der Waals surface area contributed by atoms with Crippen LogP contribution in [-0.4, -0.2) is 58.3 Å². The van der Waals surface area contributed by atoms with Crippen molar-refractivity contribution in [1.29, 1.82) is 0 Å². The zero-order chi connectivity index (χ0) is 14.0. The van der Waals surface area contributed by atoms with E-state index in [9.17, 15) is 9.59 Å². The first-order chi connectivity index (χ1) is 8.99. The van der Waals surface area contributed by atoms with Crippen LogP contribution in [0.25, 0.3) is 0 Å². The van der Waals surface area contributed by atoms with Crippen LogP contribution in [0.5, 0.6) is 0 Å². The van der Waals surface area contributed by atoms with Crippen molar-refractivity contribution in [2.45, 2.75) is 0 Å². The van der Waals surface area contributed by atoms with Crippen molar-refractivity contribution >= 4 is 29.0 Å². The van der Waals surface area contributed by atoms with Crippen molar-refractivity contribution in [3.63, 3.8) is 0 Å². The molecule has 2 rings (SSSR count). The number of carbonyl (C=O) groups excluding carboxylic acids is 2. The molecule has 1 aliphatic heterocycles. The van der Waals surface area contributed by atoms with Gasteiger partial charge in [-0.15, -0.1) is 0 Å². The van der Waals surface area contributed by atoms with Gasteiger partial charge in [-0.05, 0) is 12.1 Å². The third kappa shape index (κ3) is 2.87. The summed E-state index contributed by atoms with van der Waals surface area (Å²) in [6, 6.07) is 3.22. The lowest BCUT2D eigenvalue weighted by Gasteiger charge is -2.31. The van der Waals surface area contributed by atoms with E-state index < -0.39 is 0 Å². The van der Waals surface area contributed by atoms with Crippen LogP contribution in [0.3, 0.4) is 0 Å². The lowest BCUT2D eigenvalue weighted by molar-refractivity contribution is -0.133. The Morgan fingerprint density at radius 1 is 1.42 bits per heavy atom. The van der Waals surface area contributed by atoms with Crippen molar-refractivity contribution in [3.05, 3.63) is 29.6 Å². The molecule has 6 nitrogen and oxygen atoms in total. The molecule has 2 heterocycles. The molecule has 0 saturated carbocycles. The molecule has 1 aliphatic rings. The highest BCUT2D eigenvalue weighted by molar-refractivity contribution is 7.80. The molecule has 1 saturated heterocycles. The molecule has 7 heteroatoms. The van der Waals surface area contributed by atoms with Gasteiger partial charge in [0, 0.05) is 31.9 Å². The van der Waals surface area contributed by atoms with Crippen LogP contribution in [0, 0.1) is 0 Å². The van der Waals surface area contributed by atoms with E-state index in [-0.39, 0.29) is 29.0 Å². The fraction of sp³-hybridized carbons (Fsp3) is 0.333. The van der Waals surface area contributed by atoms with Gasteiger partial charge in [-0.2, -0.15) is 0 Å². The van der Waals surface area contributed by atoms with Crippen LogP contribution in [0.4, 0.5) is 0 Å². The maximum absolute atomic E-state index is 12.2. The standard InChI is InChI=1S/C12H14N4O2S/c1-15-4-5-16(7-10(15)17)12(18)9-3-2-8(6-14-9)11(13)19/h2-3,6H,4-5,7H2,1H3,(H2,13,19). The molecule has 1 aromatic rings. The minimum atomic E-state index is -0.254. The number of thiocarbonyl (C=S) groups is 1. The molecule has 100 valence electrons. The van der Waals surface area contributed by atoms with Crippen LogP contribution in [0.1, 0.15) is 16.1 Å². The number of pyridine rings is 1. The highest BCUT2D eigenvalue weighted by Crippen LogP contribution is 2.08. The van der Waals surface area contributed by atoms with Crippen LogP contribution in [0.15, 0.2) is 18.3 Å². The van der Waals surface area contributed by atoms with Crippen molar-refractivity contribution in [2.24, 2.45) is 5.73 Å². The second-order valence-corrected chi connectivity index (χ2v) is 4.78. The molecule has 2 N–H and O–H groups in total. The third-order valence-corrected chi connectivity index (χ3v) is 3.25. The first kappa shape index (κ1) is 13.4.